The summed E-state index contributed by atoms with van der Waals surface area (Å²) < 4.78 is 0. The van der Waals surface area contributed by atoms with Gasteiger partial charge in [0.05, 0.1) is 18.6 Å². The quantitative estimate of drug-likeness (QED) is 0.538. The van der Waals surface area contributed by atoms with Gasteiger partial charge in [-0.1, -0.05) is 0 Å². The molecule has 2 aromatic rings. The fourth-order valence-corrected chi connectivity index (χ4v) is 1.02. The van der Waals surface area contributed by atoms with Crippen molar-refractivity contribution in [1.29, 1.82) is 0 Å². The molecule has 0 saturated carbocycles. The number of nitrogens with one attached hydrogen (secondary N) is 2. The Hall–Kier alpha value is -1.53. The highest BCUT2D eigenvalue weighted by molar-refractivity contribution is 5.71. The molecule has 0 spiro atoms. The van der Waals surface area contributed by atoms with Crippen molar-refractivity contribution in [3.8, 4) is 0 Å². The molecule has 0 aliphatic heterocycles. The first kappa shape index (κ1) is 7.14. The molecular formula is C6H7N5O. The molecular weight excluding hydrogens is 158 g/mol. The van der Waals surface area contributed by atoms with Crippen LogP contribution in [0.2, 0.25) is 0 Å². The summed E-state index contributed by atoms with van der Waals surface area (Å²) in [6.07, 6.45) is 2.95. The summed E-state index contributed by atoms with van der Waals surface area (Å²) in [5.74, 6) is 0. The average molecular weight is 165 g/mol. The van der Waals surface area contributed by atoms with Crippen molar-refractivity contribution in [1.82, 2.24) is 25.4 Å². The molecule has 0 aliphatic rings. The topological polar surface area (TPSA) is 86.7 Å². The van der Waals surface area contributed by atoms with Gasteiger partial charge in [0, 0.05) is 0 Å². The SMILES string of the molecule is ONCc1ncnc2nc[nH]c12. The van der Waals surface area contributed by atoms with Crippen LogP contribution in [0.4, 0.5) is 0 Å². The van der Waals surface area contributed by atoms with E-state index in [0.717, 1.165) is 5.52 Å². The van der Waals surface area contributed by atoms with Gasteiger partial charge >= 0.3 is 0 Å². The lowest BCUT2D eigenvalue weighted by atomic mass is 10.3. The minimum absolute atomic E-state index is 0.279. The van der Waals surface area contributed by atoms with Gasteiger partial charge in [0.15, 0.2) is 5.65 Å². The number of hydrogen-bond acceptors (Lipinski definition) is 5. The maximum absolute atomic E-state index is 8.47. The van der Waals surface area contributed by atoms with Crippen molar-refractivity contribution >= 4 is 11.2 Å². The molecule has 12 heavy (non-hydrogen) atoms. The second kappa shape index (κ2) is 2.84. The highest BCUT2D eigenvalue weighted by Gasteiger charge is 2.03. The predicted octanol–water partition coefficient (Wildman–Crippen LogP) is -0.168. The molecule has 0 bridgehead atoms. The van der Waals surface area contributed by atoms with E-state index in [9.17, 15) is 0 Å². The smallest absolute Gasteiger partial charge is 0.180 e. The van der Waals surface area contributed by atoms with E-state index >= 15 is 0 Å². The van der Waals surface area contributed by atoms with Crippen LogP contribution in [0.15, 0.2) is 12.7 Å². The molecule has 2 heterocycles. The molecule has 0 aliphatic carbocycles. The van der Waals surface area contributed by atoms with Crippen molar-refractivity contribution in [2.75, 3.05) is 0 Å². The Bertz CT molecular complexity index is 384. The number of rotatable bonds is 2. The maximum Gasteiger partial charge on any atom is 0.180 e. The van der Waals surface area contributed by atoms with Crippen LogP contribution in [0.1, 0.15) is 5.69 Å². The lowest BCUT2D eigenvalue weighted by molar-refractivity contribution is 0.160. The van der Waals surface area contributed by atoms with Crippen molar-refractivity contribution in [3.05, 3.63) is 18.3 Å². The first-order valence-electron chi connectivity index (χ1n) is 3.41. The van der Waals surface area contributed by atoms with Crippen LogP contribution in [0.5, 0.6) is 0 Å². The molecule has 0 atom stereocenters. The van der Waals surface area contributed by atoms with Gasteiger partial charge < -0.3 is 10.2 Å². The highest BCUT2D eigenvalue weighted by Crippen LogP contribution is 2.07. The van der Waals surface area contributed by atoms with Crippen LogP contribution in [-0.4, -0.2) is 25.1 Å². The minimum Gasteiger partial charge on any atom is -0.342 e. The number of H-pyrrole nitrogens is 1. The summed E-state index contributed by atoms with van der Waals surface area (Å²) in [7, 11) is 0. The number of fused-ring (bicyclic) bond motifs is 1. The van der Waals surface area contributed by atoms with Crippen LogP contribution >= 0.6 is 0 Å². The van der Waals surface area contributed by atoms with E-state index in [1.807, 2.05) is 5.48 Å². The van der Waals surface area contributed by atoms with Gasteiger partial charge in [-0.15, -0.1) is 0 Å². The van der Waals surface area contributed by atoms with Gasteiger partial charge in [-0.05, 0) is 0 Å². The normalized spacial score (nSPS) is 10.8. The zero-order valence-corrected chi connectivity index (χ0v) is 6.15. The molecule has 2 rings (SSSR count). The number of hydrogen-bond donors (Lipinski definition) is 3. The average Bonchev–Trinajstić information content (AvgIpc) is 2.53. The van der Waals surface area contributed by atoms with E-state index in [-0.39, 0.29) is 6.54 Å². The first-order chi connectivity index (χ1) is 5.92. The number of imidazole rings is 1. The molecule has 62 valence electrons. The van der Waals surface area contributed by atoms with Gasteiger partial charge in [0.2, 0.25) is 0 Å². The molecule has 0 aromatic carbocycles. The number of hydroxylamine groups is 1. The summed E-state index contributed by atoms with van der Waals surface area (Å²) in [5, 5.41) is 8.47. The second-order valence-corrected chi connectivity index (χ2v) is 2.26. The van der Waals surface area contributed by atoms with Crippen LogP contribution in [0.25, 0.3) is 11.2 Å². The van der Waals surface area contributed by atoms with Crippen LogP contribution in [0.3, 0.4) is 0 Å². The monoisotopic (exact) mass is 165 g/mol. The van der Waals surface area contributed by atoms with Crippen molar-refractivity contribution in [3.63, 3.8) is 0 Å². The molecule has 0 saturated heterocycles. The Morgan fingerprint density at radius 3 is 3.17 bits per heavy atom. The van der Waals surface area contributed by atoms with Crippen LogP contribution < -0.4 is 5.48 Å². The lowest BCUT2D eigenvalue weighted by Gasteiger charge is -1.97. The Balaban J connectivity index is 2.57. The van der Waals surface area contributed by atoms with E-state index in [1.54, 1.807) is 6.33 Å². The van der Waals surface area contributed by atoms with Crippen molar-refractivity contribution < 1.29 is 5.21 Å². The van der Waals surface area contributed by atoms with Crippen molar-refractivity contribution in [2.24, 2.45) is 0 Å². The molecule has 0 radical (unpaired) electrons. The third-order valence-electron chi connectivity index (χ3n) is 1.55. The third-order valence-corrected chi connectivity index (χ3v) is 1.55. The van der Waals surface area contributed by atoms with Crippen LogP contribution in [0, 0.1) is 0 Å². The van der Waals surface area contributed by atoms with Gasteiger partial charge in [-0.25, -0.2) is 15.0 Å². The van der Waals surface area contributed by atoms with E-state index in [2.05, 4.69) is 19.9 Å². The first-order valence-corrected chi connectivity index (χ1v) is 3.41. The second-order valence-electron chi connectivity index (χ2n) is 2.26. The lowest BCUT2D eigenvalue weighted by Crippen LogP contribution is -2.08. The number of nitrogens with zero attached hydrogens (tertiary/aromatic N) is 3. The third kappa shape index (κ3) is 1.03. The highest BCUT2D eigenvalue weighted by atomic mass is 16.5. The van der Waals surface area contributed by atoms with Crippen LogP contribution in [-0.2, 0) is 6.54 Å². The summed E-state index contributed by atoms with van der Waals surface area (Å²) >= 11 is 0. The van der Waals surface area contributed by atoms with E-state index in [0.29, 0.717) is 11.3 Å². The Morgan fingerprint density at radius 1 is 1.42 bits per heavy atom. The Labute approximate surface area is 67.6 Å². The Morgan fingerprint density at radius 2 is 2.33 bits per heavy atom. The molecule has 0 amide bonds. The van der Waals surface area contributed by atoms with E-state index in [1.165, 1.54) is 6.33 Å². The summed E-state index contributed by atoms with van der Waals surface area (Å²) in [6, 6.07) is 0. The number of aromatic nitrogens is 4. The fraction of sp³-hybridized carbons (Fsp3) is 0.167. The van der Waals surface area contributed by atoms with Gasteiger partial charge in [-0.2, -0.15) is 5.48 Å². The van der Waals surface area contributed by atoms with E-state index < -0.39 is 0 Å². The molecule has 6 heteroatoms. The minimum atomic E-state index is 0.279. The predicted molar refractivity (Wildman–Crippen MR) is 40.3 cm³/mol. The molecule has 6 nitrogen and oxygen atoms in total. The summed E-state index contributed by atoms with van der Waals surface area (Å²) in [5.41, 5.74) is 4.08. The molecule has 3 N–H and O–H groups in total. The van der Waals surface area contributed by atoms with Crippen molar-refractivity contribution in [2.45, 2.75) is 6.54 Å². The summed E-state index contributed by atoms with van der Waals surface area (Å²) in [6.45, 7) is 0.279. The molecule has 0 unspecified atom stereocenters. The summed E-state index contributed by atoms with van der Waals surface area (Å²) in [4.78, 5) is 14.7. The zero-order chi connectivity index (χ0) is 8.39. The van der Waals surface area contributed by atoms with E-state index in [4.69, 9.17) is 5.21 Å². The van der Waals surface area contributed by atoms with Gasteiger partial charge in [0.1, 0.15) is 11.8 Å². The van der Waals surface area contributed by atoms with Gasteiger partial charge in [-0.3, -0.25) is 0 Å². The standard InChI is InChI=1S/C6H7N5O/c12-11-1-4-5-6(9-2-7-4)10-3-8-5/h2-3,11-12H,1H2,(H,7,8,9,10). The molecule has 2 aromatic heterocycles. The Kier molecular flexibility index (Phi) is 1.69. The number of aromatic amines is 1. The zero-order valence-electron chi connectivity index (χ0n) is 6.15. The van der Waals surface area contributed by atoms with Gasteiger partial charge in [0.25, 0.3) is 0 Å². The maximum atomic E-state index is 8.47. The molecule has 0 fully saturated rings. The fourth-order valence-electron chi connectivity index (χ4n) is 1.02. The largest absolute Gasteiger partial charge is 0.342 e.